The van der Waals surface area contributed by atoms with Crippen LogP contribution in [0.5, 0.6) is 0 Å². The Morgan fingerprint density at radius 1 is 1.71 bits per heavy atom. The zero-order valence-corrected chi connectivity index (χ0v) is 9.93. The lowest BCUT2D eigenvalue weighted by Crippen LogP contribution is -2.28. The molecule has 0 aliphatic rings. The molecule has 0 bridgehead atoms. The van der Waals surface area contributed by atoms with Crippen LogP contribution >= 0.6 is 15.9 Å². The van der Waals surface area contributed by atoms with Crippen molar-refractivity contribution in [1.29, 1.82) is 0 Å². The molecule has 0 atom stereocenters. The number of aromatic nitrogens is 2. The van der Waals surface area contributed by atoms with Gasteiger partial charge in [-0.05, 0) is 36.7 Å². The van der Waals surface area contributed by atoms with Gasteiger partial charge >= 0.3 is 0 Å². The lowest BCUT2D eigenvalue weighted by molar-refractivity contribution is 0.0747. The first-order valence-corrected chi connectivity index (χ1v) is 5.12. The molecule has 5 heteroatoms. The van der Waals surface area contributed by atoms with Crippen molar-refractivity contribution in [2.75, 3.05) is 0 Å². The van der Waals surface area contributed by atoms with Crippen LogP contribution in [0, 0.1) is 0 Å². The van der Waals surface area contributed by atoms with E-state index in [1.807, 2.05) is 6.92 Å². The highest BCUT2D eigenvalue weighted by Gasteiger charge is 2.32. The van der Waals surface area contributed by atoms with Gasteiger partial charge in [-0.25, -0.2) is 4.39 Å². The van der Waals surface area contributed by atoms with Crippen LogP contribution in [0.2, 0.25) is 0 Å². The third-order valence-corrected chi connectivity index (χ3v) is 2.43. The monoisotopic (exact) mass is 262 g/mol. The second-order valence-electron chi connectivity index (χ2n) is 3.46. The molecular formula is C9H12BrFN2O. The van der Waals surface area contributed by atoms with Crippen molar-refractivity contribution < 1.29 is 9.18 Å². The Morgan fingerprint density at radius 2 is 2.29 bits per heavy atom. The molecule has 0 amide bonds. The van der Waals surface area contributed by atoms with Crippen molar-refractivity contribution >= 4 is 21.7 Å². The standard InChI is InChI=1S/C9H12BrFN2O/c1-4-13-7(6(10)5-12-13)8(14)9(2,3)11/h5H,4H2,1-3H3. The molecule has 0 radical (unpaired) electrons. The quantitative estimate of drug-likeness (QED) is 0.785. The minimum atomic E-state index is -1.87. The first-order valence-electron chi connectivity index (χ1n) is 4.33. The third kappa shape index (κ3) is 2.03. The highest BCUT2D eigenvalue weighted by atomic mass is 79.9. The summed E-state index contributed by atoms with van der Waals surface area (Å²) in [5.74, 6) is -0.552. The van der Waals surface area contributed by atoms with Gasteiger partial charge in [0.2, 0.25) is 5.78 Å². The van der Waals surface area contributed by atoms with Crippen LogP contribution in [-0.4, -0.2) is 21.2 Å². The Hall–Kier alpha value is -0.710. The van der Waals surface area contributed by atoms with Gasteiger partial charge in [-0.2, -0.15) is 5.10 Å². The Balaban J connectivity index is 3.18. The van der Waals surface area contributed by atoms with Crippen LogP contribution in [0.4, 0.5) is 4.39 Å². The number of aryl methyl sites for hydroxylation is 1. The molecule has 3 nitrogen and oxygen atoms in total. The van der Waals surface area contributed by atoms with E-state index in [0.29, 0.717) is 16.7 Å². The average Bonchev–Trinajstić information content (AvgIpc) is 2.43. The topological polar surface area (TPSA) is 34.9 Å². The first-order chi connectivity index (χ1) is 6.38. The number of carbonyl (C=O) groups is 1. The Morgan fingerprint density at radius 3 is 2.71 bits per heavy atom. The van der Waals surface area contributed by atoms with E-state index in [1.165, 1.54) is 24.7 Å². The summed E-state index contributed by atoms with van der Waals surface area (Å²) in [5, 5.41) is 3.95. The molecule has 0 aromatic carbocycles. The molecule has 14 heavy (non-hydrogen) atoms. The van der Waals surface area contributed by atoms with Gasteiger partial charge in [0.25, 0.3) is 0 Å². The second kappa shape index (κ2) is 3.81. The molecule has 0 saturated carbocycles. The Labute approximate surface area is 90.4 Å². The highest BCUT2D eigenvalue weighted by Crippen LogP contribution is 2.23. The lowest BCUT2D eigenvalue weighted by atomic mass is 10.0. The number of Topliss-reactive ketones (excluding diaryl/α,β-unsaturated/α-hetero) is 1. The fraction of sp³-hybridized carbons (Fsp3) is 0.556. The average molecular weight is 263 g/mol. The zero-order chi connectivity index (χ0) is 10.9. The van der Waals surface area contributed by atoms with Gasteiger partial charge in [0, 0.05) is 6.54 Å². The van der Waals surface area contributed by atoms with Crippen LogP contribution in [0.25, 0.3) is 0 Å². The highest BCUT2D eigenvalue weighted by molar-refractivity contribution is 9.10. The number of alkyl halides is 1. The predicted molar refractivity (Wildman–Crippen MR) is 55.1 cm³/mol. The summed E-state index contributed by atoms with van der Waals surface area (Å²) in [6, 6.07) is 0. The van der Waals surface area contributed by atoms with Crippen molar-refractivity contribution in [2.24, 2.45) is 0 Å². The van der Waals surface area contributed by atoms with Gasteiger partial charge in [-0.15, -0.1) is 0 Å². The SMILES string of the molecule is CCn1ncc(Br)c1C(=O)C(C)(C)F. The van der Waals surface area contributed by atoms with E-state index in [9.17, 15) is 9.18 Å². The number of hydrogen-bond donors (Lipinski definition) is 0. The predicted octanol–water partition coefficient (Wildman–Crippen LogP) is 2.60. The molecule has 0 fully saturated rings. The molecule has 0 saturated heterocycles. The maximum absolute atomic E-state index is 13.4. The van der Waals surface area contributed by atoms with Crippen molar-refractivity contribution in [2.45, 2.75) is 33.0 Å². The number of nitrogens with zero attached hydrogens (tertiary/aromatic N) is 2. The Bertz CT molecular complexity index is 354. The van der Waals surface area contributed by atoms with E-state index >= 15 is 0 Å². The summed E-state index contributed by atoms with van der Waals surface area (Å²) in [6.45, 7) is 4.88. The molecule has 1 aromatic heterocycles. The van der Waals surface area contributed by atoms with Gasteiger partial charge in [0.15, 0.2) is 5.67 Å². The maximum Gasteiger partial charge on any atom is 0.218 e. The lowest BCUT2D eigenvalue weighted by Gasteiger charge is -2.13. The summed E-state index contributed by atoms with van der Waals surface area (Å²) in [6.07, 6.45) is 1.50. The summed E-state index contributed by atoms with van der Waals surface area (Å²) < 4.78 is 15.4. The summed E-state index contributed by atoms with van der Waals surface area (Å²) >= 11 is 3.18. The number of hydrogen-bond acceptors (Lipinski definition) is 2. The van der Waals surface area contributed by atoms with E-state index in [-0.39, 0.29) is 0 Å². The zero-order valence-electron chi connectivity index (χ0n) is 8.34. The van der Waals surface area contributed by atoms with E-state index < -0.39 is 11.5 Å². The van der Waals surface area contributed by atoms with Gasteiger partial charge < -0.3 is 0 Å². The maximum atomic E-state index is 13.4. The van der Waals surface area contributed by atoms with Crippen molar-refractivity contribution in [3.05, 3.63) is 16.4 Å². The molecule has 78 valence electrons. The van der Waals surface area contributed by atoms with Gasteiger partial charge in [-0.1, -0.05) is 0 Å². The minimum absolute atomic E-state index is 0.292. The first kappa shape index (κ1) is 11.4. The normalized spacial score (nSPS) is 11.8. The molecule has 1 heterocycles. The smallest absolute Gasteiger partial charge is 0.218 e. The van der Waals surface area contributed by atoms with Crippen LogP contribution in [0.1, 0.15) is 31.3 Å². The van der Waals surface area contributed by atoms with Crippen LogP contribution in [0.15, 0.2) is 10.7 Å². The van der Waals surface area contributed by atoms with Crippen LogP contribution in [-0.2, 0) is 6.54 Å². The van der Waals surface area contributed by atoms with E-state index in [0.717, 1.165) is 0 Å². The summed E-state index contributed by atoms with van der Waals surface area (Å²) in [4.78, 5) is 11.7. The molecule has 1 rings (SSSR count). The minimum Gasteiger partial charge on any atom is -0.289 e. The fourth-order valence-corrected chi connectivity index (χ4v) is 1.59. The molecule has 0 N–H and O–H groups in total. The van der Waals surface area contributed by atoms with Crippen LogP contribution in [0.3, 0.4) is 0 Å². The molecule has 0 spiro atoms. The second-order valence-corrected chi connectivity index (χ2v) is 4.31. The van der Waals surface area contributed by atoms with Gasteiger partial charge in [0.1, 0.15) is 5.69 Å². The summed E-state index contributed by atoms with van der Waals surface area (Å²) in [7, 11) is 0. The number of rotatable bonds is 3. The van der Waals surface area contributed by atoms with Crippen molar-refractivity contribution in [3.8, 4) is 0 Å². The molecule has 0 aliphatic heterocycles. The Kier molecular flexibility index (Phi) is 3.09. The number of halogens is 2. The third-order valence-electron chi connectivity index (χ3n) is 1.85. The number of carbonyl (C=O) groups excluding carboxylic acids is 1. The molecule has 1 aromatic rings. The molecule has 0 unspecified atom stereocenters. The number of ketones is 1. The van der Waals surface area contributed by atoms with Gasteiger partial charge in [-0.3, -0.25) is 9.48 Å². The molecule has 0 aliphatic carbocycles. The fourth-order valence-electron chi connectivity index (χ4n) is 1.11. The van der Waals surface area contributed by atoms with E-state index in [4.69, 9.17) is 0 Å². The summed E-state index contributed by atoms with van der Waals surface area (Å²) in [5.41, 5.74) is -1.57. The molecular weight excluding hydrogens is 251 g/mol. The van der Waals surface area contributed by atoms with Gasteiger partial charge in [0.05, 0.1) is 10.7 Å². The van der Waals surface area contributed by atoms with Crippen LogP contribution < -0.4 is 0 Å². The largest absolute Gasteiger partial charge is 0.289 e. The van der Waals surface area contributed by atoms with Crippen molar-refractivity contribution in [3.63, 3.8) is 0 Å². The van der Waals surface area contributed by atoms with E-state index in [2.05, 4.69) is 21.0 Å². The van der Waals surface area contributed by atoms with E-state index in [1.54, 1.807) is 0 Å². The van der Waals surface area contributed by atoms with Crippen molar-refractivity contribution in [1.82, 2.24) is 9.78 Å².